The molecule has 0 spiro atoms. The Morgan fingerprint density at radius 3 is 3.05 bits per heavy atom. The van der Waals surface area contributed by atoms with Gasteiger partial charge >= 0.3 is 0 Å². The molecule has 1 aliphatic heterocycles. The summed E-state index contributed by atoms with van der Waals surface area (Å²) in [7, 11) is 0. The lowest BCUT2D eigenvalue weighted by molar-refractivity contribution is 0.100. The van der Waals surface area contributed by atoms with Crippen LogP contribution in [0.25, 0.3) is 4.91 Å². The van der Waals surface area contributed by atoms with Gasteiger partial charge in [-0.15, -0.1) is 0 Å². The van der Waals surface area contributed by atoms with Crippen LogP contribution in [-0.4, -0.2) is 17.4 Å². The van der Waals surface area contributed by atoms with Crippen molar-refractivity contribution in [1.29, 1.82) is 0 Å². The first-order chi connectivity index (χ1) is 10.7. The Morgan fingerprint density at radius 2 is 2.27 bits per heavy atom. The zero-order valence-electron chi connectivity index (χ0n) is 11.6. The summed E-state index contributed by atoms with van der Waals surface area (Å²) in [4.78, 5) is 17.7. The molecule has 5 nitrogen and oxygen atoms in total. The first kappa shape index (κ1) is 13.8. The van der Waals surface area contributed by atoms with Gasteiger partial charge in [-0.3, -0.25) is 9.52 Å². The van der Waals surface area contributed by atoms with Gasteiger partial charge in [0.2, 0.25) is 5.88 Å². The van der Waals surface area contributed by atoms with Crippen molar-refractivity contribution in [3.05, 3.63) is 46.0 Å². The van der Waals surface area contributed by atoms with E-state index in [0.717, 1.165) is 30.5 Å². The van der Waals surface area contributed by atoms with Crippen molar-refractivity contribution >= 4 is 34.1 Å². The number of aromatic nitrogens is 1. The maximum Gasteiger partial charge on any atom is 0.259 e. The molecular weight excluding hydrogens is 318 g/mol. The van der Waals surface area contributed by atoms with Gasteiger partial charge < -0.3 is 10.5 Å². The van der Waals surface area contributed by atoms with E-state index in [1.807, 2.05) is 12.1 Å². The SMILES string of the molecule is NC(=O)c1sc(Oc2ccccn2)c2c1CCC1=C2SNC1. The second-order valence-electron chi connectivity index (χ2n) is 5.06. The summed E-state index contributed by atoms with van der Waals surface area (Å²) in [6.07, 6.45) is 3.47. The molecular formula is C15H13N3O2S2. The van der Waals surface area contributed by atoms with Gasteiger partial charge in [0.1, 0.15) is 0 Å². The number of primary amides is 1. The molecule has 4 rings (SSSR count). The first-order valence-electron chi connectivity index (χ1n) is 6.90. The summed E-state index contributed by atoms with van der Waals surface area (Å²) in [5, 5.41) is 0.700. The van der Waals surface area contributed by atoms with Gasteiger partial charge in [0, 0.05) is 29.3 Å². The molecule has 0 aromatic carbocycles. The fourth-order valence-electron chi connectivity index (χ4n) is 2.74. The molecule has 0 radical (unpaired) electrons. The highest BCUT2D eigenvalue weighted by atomic mass is 32.2. The number of pyridine rings is 1. The Morgan fingerprint density at radius 1 is 1.36 bits per heavy atom. The Balaban J connectivity index is 1.84. The largest absolute Gasteiger partial charge is 0.428 e. The Labute approximate surface area is 135 Å². The molecule has 0 fully saturated rings. The van der Waals surface area contributed by atoms with E-state index in [-0.39, 0.29) is 0 Å². The summed E-state index contributed by atoms with van der Waals surface area (Å²) < 4.78 is 9.23. The lowest BCUT2D eigenvalue weighted by atomic mass is 9.93. The number of ether oxygens (including phenoxy) is 1. The average molecular weight is 331 g/mol. The van der Waals surface area contributed by atoms with E-state index in [4.69, 9.17) is 10.5 Å². The van der Waals surface area contributed by atoms with Gasteiger partial charge in [0.15, 0.2) is 5.06 Å². The molecule has 7 heteroatoms. The van der Waals surface area contributed by atoms with Gasteiger partial charge in [-0.2, -0.15) is 0 Å². The molecule has 0 saturated heterocycles. The number of nitrogens with one attached hydrogen (secondary N) is 1. The van der Waals surface area contributed by atoms with E-state index in [9.17, 15) is 4.79 Å². The van der Waals surface area contributed by atoms with E-state index in [1.165, 1.54) is 21.8 Å². The van der Waals surface area contributed by atoms with Crippen LogP contribution in [0.15, 0.2) is 30.0 Å². The maximum absolute atomic E-state index is 11.8. The number of nitrogens with two attached hydrogens (primary N) is 1. The van der Waals surface area contributed by atoms with E-state index in [0.29, 0.717) is 15.8 Å². The van der Waals surface area contributed by atoms with Gasteiger partial charge in [-0.05, 0) is 42.0 Å². The summed E-state index contributed by atoms with van der Waals surface area (Å²) in [6.45, 7) is 0.879. The Hall–Kier alpha value is -1.83. The molecule has 1 amide bonds. The van der Waals surface area contributed by atoms with Crippen molar-refractivity contribution in [3.8, 4) is 10.9 Å². The van der Waals surface area contributed by atoms with Gasteiger partial charge in [0.05, 0.1) is 4.88 Å². The number of carbonyl (C=O) groups is 1. The zero-order chi connectivity index (χ0) is 15.1. The molecule has 1 aliphatic carbocycles. The summed E-state index contributed by atoms with van der Waals surface area (Å²) in [6, 6.07) is 5.51. The minimum absolute atomic E-state index is 0.392. The van der Waals surface area contributed by atoms with Gasteiger partial charge in [0.25, 0.3) is 5.91 Å². The summed E-state index contributed by atoms with van der Waals surface area (Å²) >= 11 is 2.92. The third-order valence-electron chi connectivity index (χ3n) is 3.72. The topological polar surface area (TPSA) is 77.2 Å². The highest BCUT2D eigenvalue weighted by molar-refractivity contribution is 8.06. The highest BCUT2D eigenvalue weighted by Crippen LogP contribution is 2.50. The summed E-state index contributed by atoms with van der Waals surface area (Å²) in [5.41, 5.74) is 8.94. The van der Waals surface area contributed by atoms with Crippen LogP contribution in [0.3, 0.4) is 0 Å². The molecule has 2 aromatic heterocycles. The van der Waals surface area contributed by atoms with E-state index >= 15 is 0 Å². The second kappa shape index (κ2) is 5.42. The molecule has 0 bridgehead atoms. The van der Waals surface area contributed by atoms with Crippen LogP contribution in [0.1, 0.15) is 27.2 Å². The predicted molar refractivity (Wildman–Crippen MR) is 88.0 cm³/mol. The van der Waals surface area contributed by atoms with Crippen molar-refractivity contribution in [2.75, 3.05) is 6.54 Å². The molecule has 22 heavy (non-hydrogen) atoms. The van der Waals surface area contributed by atoms with Crippen molar-refractivity contribution < 1.29 is 9.53 Å². The number of thiophene rings is 1. The standard InChI is InChI=1S/C15H13N3O2S2/c16-14(19)13-9-5-4-8-7-18-22-12(8)11(9)15(21-13)20-10-3-1-2-6-17-10/h1-3,6,18H,4-5,7H2,(H2,16,19). The van der Waals surface area contributed by atoms with Crippen molar-refractivity contribution in [1.82, 2.24) is 9.71 Å². The zero-order valence-corrected chi connectivity index (χ0v) is 13.2. The van der Waals surface area contributed by atoms with Crippen LogP contribution < -0.4 is 15.2 Å². The molecule has 0 unspecified atom stereocenters. The Kier molecular flexibility index (Phi) is 3.40. The van der Waals surface area contributed by atoms with Crippen molar-refractivity contribution in [2.24, 2.45) is 5.73 Å². The third-order valence-corrected chi connectivity index (χ3v) is 5.83. The molecule has 2 aromatic rings. The van der Waals surface area contributed by atoms with Crippen LogP contribution in [-0.2, 0) is 6.42 Å². The maximum atomic E-state index is 11.8. The molecule has 0 saturated carbocycles. The number of nitrogens with zero attached hydrogens (tertiary/aromatic N) is 1. The third kappa shape index (κ3) is 2.22. The quantitative estimate of drug-likeness (QED) is 0.846. The molecule has 3 N–H and O–H groups in total. The smallest absolute Gasteiger partial charge is 0.259 e. The van der Waals surface area contributed by atoms with Crippen molar-refractivity contribution in [3.63, 3.8) is 0 Å². The van der Waals surface area contributed by atoms with Gasteiger partial charge in [-0.1, -0.05) is 17.4 Å². The molecule has 3 heterocycles. The van der Waals surface area contributed by atoms with Crippen LogP contribution in [0.5, 0.6) is 10.9 Å². The second-order valence-corrected chi connectivity index (χ2v) is 6.95. The lowest BCUT2D eigenvalue weighted by Gasteiger charge is -2.15. The minimum Gasteiger partial charge on any atom is -0.428 e. The number of rotatable bonds is 3. The Bertz CT molecular complexity index is 784. The van der Waals surface area contributed by atoms with Gasteiger partial charge in [-0.25, -0.2) is 4.98 Å². The van der Waals surface area contributed by atoms with Crippen LogP contribution in [0.4, 0.5) is 0 Å². The number of amides is 1. The highest BCUT2D eigenvalue weighted by Gasteiger charge is 2.32. The minimum atomic E-state index is -0.392. The molecule has 112 valence electrons. The van der Waals surface area contributed by atoms with Crippen LogP contribution in [0, 0.1) is 0 Å². The van der Waals surface area contributed by atoms with Crippen LogP contribution >= 0.6 is 23.3 Å². The van der Waals surface area contributed by atoms with E-state index in [2.05, 4.69) is 9.71 Å². The number of hydrogen-bond donors (Lipinski definition) is 2. The normalized spacial score (nSPS) is 16.4. The lowest BCUT2D eigenvalue weighted by Crippen LogP contribution is -2.13. The number of fused-ring (bicyclic) bond motifs is 2. The fourth-order valence-corrected chi connectivity index (χ4v) is 4.90. The predicted octanol–water partition coefficient (Wildman–Crippen LogP) is 2.94. The monoisotopic (exact) mass is 331 g/mol. The molecule has 2 aliphatic rings. The van der Waals surface area contributed by atoms with E-state index < -0.39 is 5.91 Å². The van der Waals surface area contributed by atoms with E-state index in [1.54, 1.807) is 24.2 Å². The number of hydrogen-bond acceptors (Lipinski definition) is 6. The number of carbonyl (C=O) groups excluding carboxylic acids is 1. The van der Waals surface area contributed by atoms with Crippen LogP contribution in [0.2, 0.25) is 0 Å². The average Bonchev–Trinajstić information content (AvgIpc) is 3.12. The fraction of sp³-hybridized carbons (Fsp3) is 0.200. The first-order valence-corrected chi connectivity index (χ1v) is 8.54. The summed E-state index contributed by atoms with van der Waals surface area (Å²) in [5.74, 6) is 0.128. The molecule has 0 atom stereocenters. The van der Waals surface area contributed by atoms with Crippen molar-refractivity contribution in [2.45, 2.75) is 12.8 Å².